The first kappa shape index (κ1) is 13.9. The molecule has 0 bridgehead atoms. The van der Waals surface area contributed by atoms with Crippen LogP contribution in [0.2, 0.25) is 0 Å². The molecule has 1 aromatic rings. The molecule has 0 saturated carbocycles. The number of hydrogen-bond acceptors (Lipinski definition) is 5. The first-order chi connectivity index (χ1) is 7.86. The lowest BCUT2D eigenvalue weighted by atomic mass is 10.3. The Morgan fingerprint density at radius 3 is 2.59 bits per heavy atom. The second kappa shape index (κ2) is 5.44. The van der Waals surface area contributed by atoms with Crippen LogP contribution >= 0.6 is 0 Å². The van der Waals surface area contributed by atoms with Crippen molar-refractivity contribution in [2.75, 3.05) is 20.6 Å². The highest BCUT2D eigenvalue weighted by atomic mass is 32.2. The Morgan fingerprint density at radius 2 is 2.12 bits per heavy atom. The summed E-state index contributed by atoms with van der Waals surface area (Å²) in [4.78, 5) is 12.3. The topological polar surface area (TPSA) is 79.6 Å². The average molecular weight is 260 g/mol. The van der Waals surface area contributed by atoms with Crippen molar-refractivity contribution >= 4 is 16.3 Å². The fourth-order valence-electron chi connectivity index (χ4n) is 1.03. The molecule has 17 heavy (non-hydrogen) atoms. The SMILES string of the molecule is CC(CNS(=O)(=O)c1ccc(C=O)o1)N(C)C. The third-order valence-electron chi connectivity index (χ3n) is 2.43. The van der Waals surface area contributed by atoms with E-state index >= 15 is 0 Å². The maximum absolute atomic E-state index is 11.7. The summed E-state index contributed by atoms with van der Waals surface area (Å²) in [5.41, 5.74) is 0. The Bertz CT molecular complexity index is 478. The summed E-state index contributed by atoms with van der Waals surface area (Å²) in [5.74, 6) is -0.00830. The molecule has 0 fully saturated rings. The molecule has 0 saturated heterocycles. The second-order valence-corrected chi connectivity index (χ2v) is 5.64. The van der Waals surface area contributed by atoms with Crippen LogP contribution in [0.3, 0.4) is 0 Å². The van der Waals surface area contributed by atoms with Crippen LogP contribution in [0.25, 0.3) is 0 Å². The lowest BCUT2D eigenvalue weighted by Gasteiger charge is -2.19. The van der Waals surface area contributed by atoms with Gasteiger partial charge in [0.2, 0.25) is 5.09 Å². The number of rotatable bonds is 6. The Labute approximate surface area is 101 Å². The van der Waals surface area contributed by atoms with Gasteiger partial charge < -0.3 is 9.32 Å². The summed E-state index contributed by atoms with van der Waals surface area (Å²) in [5, 5.41) is -0.245. The maximum Gasteiger partial charge on any atom is 0.274 e. The molecule has 7 heteroatoms. The molecule has 1 rings (SSSR count). The molecule has 0 aromatic carbocycles. The summed E-state index contributed by atoms with van der Waals surface area (Å²) < 4.78 is 30.8. The Kier molecular flexibility index (Phi) is 4.44. The molecular weight excluding hydrogens is 244 g/mol. The standard InChI is InChI=1S/C10H16N2O4S/c1-8(12(2)3)6-11-17(14,15)10-5-4-9(7-13)16-10/h4-5,7-8,11H,6H2,1-3H3. The third-order valence-corrected chi connectivity index (χ3v) is 3.73. The molecule has 1 N–H and O–H groups in total. The lowest BCUT2D eigenvalue weighted by molar-refractivity contribution is 0.109. The number of nitrogens with zero attached hydrogens (tertiary/aromatic N) is 1. The number of likely N-dealkylation sites (N-methyl/N-ethyl adjacent to an activating group) is 1. The van der Waals surface area contributed by atoms with Crippen LogP contribution in [0.15, 0.2) is 21.6 Å². The fraction of sp³-hybridized carbons (Fsp3) is 0.500. The minimum atomic E-state index is -3.68. The summed E-state index contributed by atoms with van der Waals surface area (Å²) in [6.07, 6.45) is 0.460. The highest BCUT2D eigenvalue weighted by Crippen LogP contribution is 2.12. The lowest BCUT2D eigenvalue weighted by Crippen LogP contribution is -2.38. The average Bonchev–Trinajstić information content (AvgIpc) is 2.75. The minimum absolute atomic E-state index is 0.00830. The van der Waals surface area contributed by atoms with E-state index in [2.05, 4.69) is 4.72 Å². The van der Waals surface area contributed by atoms with E-state index in [1.54, 1.807) is 0 Å². The van der Waals surface area contributed by atoms with E-state index in [1.807, 2.05) is 25.9 Å². The first-order valence-electron chi connectivity index (χ1n) is 5.08. The molecular formula is C10H16N2O4S. The van der Waals surface area contributed by atoms with Gasteiger partial charge in [0.1, 0.15) is 0 Å². The van der Waals surface area contributed by atoms with Crippen molar-refractivity contribution in [3.63, 3.8) is 0 Å². The van der Waals surface area contributed by atoms with E-state index < -0.39 is 10.0 Å². The molecule has 0 spiro atoms. The van der Waals surface area contributed by atoms with Crippen LogP contribution in [0.5, 0.6) is 0 Å². The molecule has 0 amide bonds. The van der Waals surface area contributed by atoms with Crippen molar-refractivity contribution < 1.29 is 17.6 Å². The molecule has 6 nitrogen and oxygen atoms in total. The molecule has 0 radical (unpaired) electrons. The highest BCUT2D eigenvalue weighted by Gasteiger charge is 2.19. The van der Waals surface area contributed by atoms with Gasteiger partial charge in [0, 0.05) is 12.6 Å². The Balaban J connectivity index is 2.72. The van der Waals surface area contributed by atoms with Crippen molar-refractivity contribution in [2.24, 2.45) is 0 Å². The molecule has 1 aromatic heterocycles. The minimum Gasteiger partial charge on any atom is -0.440 e. The van der Waals surface area contributed by atoms with Crippen LogP contribution in [0.1, 0.15) is 17.5 Å². The van der Waals surface area contributed by atoms with E-state index in [9.17, 15) is 13.2 Å². The zero-order chi connectivity index (χ0) is 13.1. The Morgan fingerprint density at radius 1 is 1.47 bits per heavy atom. The van der Waals surface area contributed by atoms with Gasteiger partial charge in [-0.25, -0.2) is 13.1 Å². The van der Waals surface area contributed by atoms with Crippen molar-refractivity contribution in [1.29, 1.82) is 0 Å². The van der Waals surface area contributed by atoms with Gasteiger partial charge in [-0.1, -0.05) is 0 Å². The zero-order valence-corrected chi connectivity index (χ0v) is 10.8. The number of sulfonamides is 1. The monoisotopic (exact) mass is 260 g/mol. The van der Waals surface area contributed by atoms with E-state index in [0.29, 0.717) is 6.29 Å². The maximum atomic E-state index is 11.7. The van der Waals surface area contributed by atoms with Crippen LogP contribution in [0, 0.1) is 0 Å². The highest BCUT2D eigenvalue weighted by molar-refractivity contribution is 7.89. The van der Waals surface area contributed by atoms with Crippen LogP contribution in [0.4, 0.5) is 0 Å². The largest absolute Gasteiger partial charge is 0.440 e. The number of carbonyl (C=O) groups is 1. The number of carbonyl (C=O) groups excluding carboxylic acids is 1. The van der Waals surface area contributed by atoms with Crippen molar-refractivity contribution in [3.8, 4) is 0 Å². The van der Waals surface area contributed by atoms with Gasteiger partial charge >= 0.3 is 0 Å². The Hall–Kier alpha value is -1.18. The van der Waals surface area contributed by atoms with Crippen LogP contribution < -0.4 is 4.72 Å². The van der Waals surface area contributed by atoms with Crippen molar-refractivity contribution in [2.45, 2.75) is 18.1 Å². The van der Waals surface area contributed by atoms with E-state index in [0.717, 1.165) is 0 Å². The number of nitrogens with one attached hydrogen (secondary N) is 1. The summed E-state index contributed by atoms with van der Waals surface area (Å²) in [6, 6.07) is 2.63. The van der Waals surface area contributed by atoms with Gasteiger partial charge in [-0.3, -0.25) is 4.79 Å². The summed E-state index contributed by atoms with van der Waals surface area (Å²) in [6.45, 7) is 2.16. The predicted octanol–water partition coefficient (Wildman–Crippen LogP) is 0.320. The molecule has 96 valence electrons. The van der Waals surface area contributed by atoms with E-state index in [1.165, 1.54) is 12.1 Å². The summed E-state index contributed by atoms with van der Waals surface area (Å²) in [7, 11) is 0.0346. The van der Waals surface area contributed by atoms with E-state index in [-0.39, 0.29) is 23.4 Å². The third kappa shape index (κ3) is 3.65. The molecule has 0 aliphatic rings. The number of hydrogen-bond donors (Lipinski definition) is 1. The quantitative estimate of drug-likeness (QED) is 0.745. The summed E-state index contributed by atoms with van der Waals surface area (Å²) >= 11 is 0. The first-order valence-corrected chi connectivity index (χ1v) is 6.56. The van der Waals surface area contributed by atoms with Gasteiger partial charge in [-0.05, 0) is 33.2 Å². The van der Waals surface area contributed by atoms with Crippen LogP contribution in [-0.4, -0.2) is 46.3 Å². The van der Waals surface area contributed by atoms with Gasteiger partial charge in [0.05, 0.1) is 0 Å². The van der Waals surface area contributed by atoms with Gasteiger partial charge in [-0.15, -0.1) is 0 Å². The zero-order valence-electron chi connectivity index (χ0n) is 10.0. The molecule has 1 atom stereocenters. The van der Waals surface area contributed by atoms with Crippen molar-refractivity contribution in [3.05, 3.63) is 17.9 Å². The molecule has 0 aliphatic carbocycles. The normalized spacial score (nSPS) is 13.9. The molecule has 1 heterocycles. The van der Waals surface area contributed by atoms with Crippen LogP contribution in [-0.2, 0) is 10.0 Å². The van der Waals surface area contributed by atoms with Gasteiger partial charge in [0.25, 0.3) is 10.0 Å². The second-order valence-electron chi connectivity index (χ2n) is 3.94. The molecule has 0 aliphatic heterocycles. The predicted molar refractivity (Wildman–Crippen MR) is 62.4 cm³/mol. The number of furan rings is 1. The van der Waals surface area contributed by atoms with Gasteiger partial charge in [0.15, 0.2) is 12.0 Å². The smallest absolute Gasteiger partial charge is 0.274 e. The van der Waals surface area contributed by atoms with E-state index in [4.69, 9.17) is 4.42 Å². The van der Waals surface area contributed by atoms with Gasteiger partial charge in [-0.2, -0.15) is 0 Å². The molecule has 1 unspecified atom stereocenters. The fourth-order valence-corrected chi connectivity index (χ4v) is 2.08. The number of aldehydes is 1. The van der Waals surface area contributed by atoms with Crippen molar-refractivity contribution in [1.82, 2.24) is 9.62 Å².